The van der Waals surface area contributed by atoms with E-state index in [1.807, 2.05) is 11.3 Å². The third-order valence-corrected chi connectivity index (χ3v) is 7.50. The molecule has 0 bridgehead atoms. The molecule has 2 aliphatic rings. The first kappa shape index (κ1) is 16.7. The van der Waals surface area contributed by atoms with Crippen molar-refractivity contribution < 1.29 is 0 Å². The van der Waals surface area contributed by atoms with E-state index in [2.05, 4.69) is 27.7 Å². The molecule has 0 unspecified atom stereocenters. The first-order valence-corrected chi connectivity index (χ1v) is 11.4. The smallest absolute Gasteiger partial charge is 0.146 e. The number of nitrogens with one attached hydrogen (secondary N) is 1. The number of fused-ring (bicyclic) bond motifs is 3. The highest BCUT2D eigenvalue weighted by atomic mass is 32.1. The fraction of sp³-hybridized carbons (Fsp3) is 0.500. The fourth-order valence-electron chi connectivity index (χ4n) is 4.14. The van der Waals surface area contributed by atoms with Gasteiger partial charge < -0.3 is 5.32 Å². The number of aryl methyl sites for hydroxylation is 2. The van der Waals surface area contributed by atoms with E-state index in [0.717, 1.165) is 24.7 Å². The summed E-state index contributed by atoms with van der Waals surface area (Å²) >= 11 is 3.69. The lowest BCUT2D eigenvalue weighted by Crippen LogP contribution is -2.30. The average molecular weight is 385 g/mol. The van der Waals surface area contributed by atoms with Crippen LogP contribution in [-0.4, -0.2) is 28.0 Å². The largest absolute Gasteiger partial charge is 0.365 e. The maximum atomic E-state index is 4.99. The van der Waals surface area contributed by atoms with Crippen LogP contribution in [0, 0.1) is 0 Å². The SMILES string of the molecule is c1csc(CNc2nc(CN3CCCCC3)nc3sc4c(c23)CCC4)c1. The number of nitrogens with zero attached hydrogens (tertiary/aromatic N) is 3. The Labute approximate surface area is 162 Å². The number of anilines is 1. The summed E-state index contributed by atoms with van der Waals surface area (Å²) < 4.78 is 0. The third-order valence-electron chi connectivity index (χ3n) is 5.43. The van der Waals surface area contributed by atoms with E-state index in [1.54, 1.807) is 11.3 Å². The van der Waals surface area contributed by atoms with Gasteiger partial charge in [-0.1, -0.05) is 12.5 Å². The minimum Gasteiger partial charge on any atom is -0.365 e. The van der Waals surface area contributed by atoms with Crippen molar-refractivity contribution in [3.05, 3.63) is 38.7 Å². The van der Waals surface area contributed by atoms with Crippen LogP contribution in [0.1, 0.15) is 46.8 Å². The molecule has 6 heteroatoms. The van der Waals surface area contributed by atoms with Crippen LogP contribution >= 0.6 is 22.7 Å². The Morgan fingerprint density at radius 2 is 2.00 bits per heavy atom. The maximum absolute atomic E-state index is 4.99. The minimum atomic E-state index is 0.845. The van der Waals surface area contributed by atoms with Gasteiger partial charge in [0, 0.05) is 9.75 Å². The summed E-state index contributed by atoms with van der Waals surface area (Å²) in [6.07, 6.45) is 7.64. The van der Waals surface area contributed by atoms with Crippen molar-refractivity contribution in [2.24, 2.45) is 0 Å². The Bertz CT molecular complexity index is 894. The lowest BCUT2D eigenvalue weighted by Gasteiger charge is -2.25. The number of hydrogen-bond donors (Lipinski definition) is 1. The Hall–Kier alpha value is -1.50. The van der Waals surface area contributed by atoms with Gasteiger partial charge in [-0.15, -0.1) is 22.7 Å². The highest BCUT2D eigenvalue weighted by Crippen LogP contribution is 2.39. The maximum Gasteiger partial charge on any atom is 0.146 e. The Balaban J connectivity index is 1.48. The quantitative estimate of drug-likeness (QED) is 0.683. The molecule has 0 saturated carbocycles. The van der Waals surface area contributed by atoms with Crippen molar-refractivity contribution in [2.45, 2.75) is 51.6 Å². The van der Waals surface area contributed by atoms with Crippen molar-refractivity contribution in [2.75, 3.05) is 18.4 Å². The Morgan fingerprint density at radius 1 is 1.08 bits per heavy atom. The van der Waals surface area contributed by atoms with Crippen LogP contribution in [0.15, 0.2) is 17.5 Å². The van der Waals surface area contributed by atoms with Crippen LogP contribution in [0.2, 0.25) is 0 Å². The molecule has 0 aromatic carbocycles. The second-order valence-electron chi connectivity index (χ2n) is 7.30. The molecule has 1 aliphatic heterocycles. The third kappa shape index (κ3) is 3.26. The molecule has 0 radical (unpaired) electrons. The average Bonchev–Trinajstić information content (AvgIpc) is 3.37. The molecule has 0 amide bonds. The summed E-state index contributed by atoms with van der Waals surface area (Å²) in [5, 5.41) is 7.06. The van der Waals surface area contributed by atoms with Gasteiger partial charge in [-0.3, -0.25) is 4.90 Å². The van der Waals surface area contributed by atoms with E-state index in [-0.39, 0.29) is 0 Å². The fourth-order valence-corrected chi connectivity index (χ4v) is 6.06. The van der Waals surface area contributed by atoms with Crippen LogP contribution in [0.5, 0.6) is 0 Å². The molecule has 3 aromatic heterocycles. The predicted octanol–water partition coefficient (Wildman–Crippen LogP) is 4.84. The second kappa shape index (κ2) is 7.25. The lowest BCUT2D eigenvalue weighted by atomic mass is 10.1. The standard InChI is InChI=1S/C20H24N4S2/c1-2-9-24(10-3-1)13-17-22-19(21-12-14-6-5-11-25-14)18-15-7-4-8-16(15)26-20(18)23-17/h5-6,11H,1-4,7-10,12-13H2,(H,21,22,23). The topological polar surface area (TPSA) is 41.1 Å². The highest BCUT2D eigenvalue weighted by Gasteiger charge is 2.23. The van der Waals surface area contributed by atoms with E-state index in [1.165, 1.54) is 77.1 Å². The zero-order valence-electron chi connectivity index (χ0n) is 15.0. The van der Waals surface area contributed by atoms with Crippen LogP contribution in [0.25, 0.3) is 10.2 Å². The molecule has 1 fully saturated rings. The van der Waals surface area contributed by atoms with E-state index in [0.29, 0.717) is 0 Å². The van der Waals surface area contributed by atoms with Crippen molar-refractivity contribution in [3.8, 4) is 0 Å². The Kier molecular flexibility index (Phi) is 4.65. The van der Waals surface area contributed by atoms with Crippen LogP contribution in [-0.2, 0) is 25.9 Å². The number of hydrogen-bond acceptors (Lipinski definition) is 6. The molecule has 1 aliphatic carbocycles. The number of likely N-dealkylation sites (tertiary alicyclic amines) is 1. The molecule has 4 nitrogen and oxygen atoms in total. The Morgan fingerprint density at radius 3 is 2.85 bits per heavy atom. The second-order valence-corrected chi connectivity index (χ2v) is 9.41. The number of aromatic nitrogens is 2. The first-order valence-electron chi connectivity index (χ1n) is 9.66. The molecule has 1 N–H and O–H groups in total. The molecular weight excluding hydrogens is 360 g/mol. The van der Waals surface area contributed by atoms with Crippen molar-refractivity contribution in [1.82, 2.24) is 14.9 Å². The van der Waals surface area contributed by atoms with Gasteiger partial charge in [0.15, 0.2) is 0 Å². The number of rotatable bonds is 5. The normalized spacial score (nSPS) is 17.7. The van der Waals surface area contributed by atoms with Crippen LogP contribution < -0.4 is 5.32 Å². The molecule has 1 saturated heterocycles. The van der Waals surface area contributed by atoms with E-state index in [9.17, 15) is 0 Å². The summed E-state index contributed by atoms with van der Waals surface area (Å²) in [5.41, 5.74) is 1.50. The van der Waals surface area contributed by atoms with Crippen LogP contribution in [0.3, 0.4) is 0 Å². The molecule has 5 rings (SSSR count). The summed E-state index contributed by atoms with van der Waals surface area (Å²) in [5.74, 6) is 2.03. The van der Waals surface area contributed by atoms with Gasteiger partial charge in [0.1, 0.15) is 16.5 Å². The van der Waals surface area contributed by atoms with Gasteiger partial charge in [-0.2, -0.15) is 0 Å². The van der Waals surface area contributed by atoms with E-state index >= 15 is 0 Å². The molecular formula is C20H24N4S2. The zero-order chi connectivity index (χ0) is 17.3. The highest BCUT2D eigenvalue weighted by molar-refractivity contribution is 7.19. The minimum absolute atomic E-state index is 0.845. The van der Waals surface area contributed by atoms with Gasteiger partial charge in [0.2, 0.25) is 0 Å². The summed E-state index contributed by atoms with van der Waals surface area (Å²) in [7, 11) is 0. The summed E-state index contributed by atoms with van der Waals surface area (Å²) in [6.45, 7) is 4.09. The van der Waals surface area contributed by atoms with Gasteiger partial charge >= 0.3 is 0 Å². The molecule has 0 atom stereocenters. The monoisotopic (exact) mass is 384 g/mol. The van der Waals surface area contributed by atoms with Crippen molar-refractivity contribution >= 4 is 38.7 Å². The predicted molar refractivity (Wildman–Crippen MR) is 110 cm³/mol. The number of thiophene rings is 2. The lowest BCUT2D eigenvalue weighted by molar-refractivity contribution is 0.216. The first-order chi connectivity index (χ1) is 12.9. The molecule has 26 heavy (non-hydrogen) atoms. The van der Waals surface area contributed by atoms with Gasteiger partial charge in [0.25, 0.3) is 0 Å². The van der Waals surface area contributed by atoms with E-state index in [4.69, 9.17) is 9.97 Å². The number of piperidine rings is 1. The molecule has 0 spiro atoms. The van der Waals surface area contributed by atoms with Gasteiger partial charge in [-0.25, -0.2) is 9.97 Å². The van der Waals surface area contributed by atoms with Crippen molar-refractivity contribution in [1.29, 1.82) is 0 Å². The van der Waals surface area contributed by atoms with Crippen LogP contribution in [0.4, 0.5) is 5.82 Å². The van der Waals surface area contributed by atoms with Gasteiger partial charge in [-0.05, 0) is 62.2 Å². The summed E-state index contributed by atoms with van der Waals surface area (Å²) in [4.78, 5) is 16.5. The van der Waals surface area contributed by atoms with Gasteiger partial charge in [0.05, 0.1) is 18.5 Å². The zero-order valence-corrected chi connectivity index (χ0v) is 16.6. The molecule has 136 valence electrons. The molecule has 3 aromatic rings. The van der Waals surface area contributed by atoms with E-state index < -0.39 is 0 Å². The molecule has 4 heterocycles. The summed E-state index contributed by atoms with van der Waals surface area (Å²) in [6, 6.07) is 4.30. The van der Waals surface area contributed by atoms with Crippen molar-refractivity contribution in [3.63, 3.8) is 0 Å².